The third-order valence-corrected chi connectivity index (χ3v) is 10.0. The van der Waals surface area contributed by atoms with Crippen molar-refractivity contribution in [2.24, 2.45) is 46.3 Å². The molecule has 0 saturated heterocycles. The second-order valence-corrected chi connectivity index (χ2v) is 11.9. The Kier molecular flexibility index (Phi) is 5.69. The van der Waals surface area contributed by atoms with Crippen LogP contribution in [0.4, 0.5) is 0 Å². The zero-order valence-electron chi connectivity index (χ0n) is 19.7. The normalized spacial score (nSPS) is 44.0. The molecular weight excluding hydrogens is 352 g/mol. The molecule has 0 aromatic rings. The van der Waals surface area contributed by atoms with Crippen molar-refractivity contribution in [3.63, 3.8) is 0 Å². The van der Waals surface area contributed by atoms with Crippen LogP contribution in [0.5, 0.6) is 0 Å². The monoisotopic (exact) mass is 396 g/mol. The first-order chi connectivity index (χ1) is 13.7. The van der Waals surface area contributed by atoms with Gasteiger partial charge in [0.1, 0.15) is 0 Å². The van der Waals surface area contributed by atoms with Crippen molar-refractivity contribution in [2.75, 3.05) is 0 Å². The van der Waals surface area contributed by atoms with Crippen LogP contribution in [0.15, 0.2) is 35.5 Å². The Bertz CT molecular complexity index is 712. The first kappa shape index (κ1) is 21.4. The molecule has 4 aliphatic carbocycles. The van der Waals surface area contributed by atoms with Gasteiger partial charge in [-0.15, -0.1) is 0 Å². The largest absolute Gasteiger partial charge is 0.393 e. The van der Waals surface area contributed by atoms with Gasteiger partial charge in [0.2, 0.25) is 0 Å². The van der Waals surface area contributed by atoms with Gasteiger partial charge in [0.05, 0.1) is 6.10 Å². The maximum absolute atomic E-state index is 10.2. The molecule has 2 unspecified atom stereocenters. The zero-order chi connectivity index (χ0) is 21.0. The van der Waals surface area contributed by atoms with Crippen LogP contribution < -0.4 is 0 Å². The van der Waals surface area contributed by atoms with E-state index in [1.165, 1.54) is 37.7 Å². The lowest BCUT2D eigenvalue weighted by Crippen LogP contribution is -2.46. The molecule has 0 aromatic carbocycles. The van der Waals surface area contributed by atoms with Crippen molar-refractivity contribution in [3.8, 4) is 0 Å². The molecule has 29 heavy (non-hydrogen) atoms. The predicted octanol–water partition coefficient (Wildman–Crippen LogP) is 7.33. The quantitative estimate of drug-likeness (QED) is 0.493. The Labute approximate surface area is 179 Å². The first-order valence-corrected chi connectivity index (χ1v) is 12.4. The lowest BCUT2D eigenvalue weighted by atomic mass is 9.50. The van der Waals surface area contributed by atoms with E-state index < -0.39 is 0 Å². The third-order valence-electron chi connectivity index (χ3n) is 10.0. The molecule has 0 radical (unpaired) electrons. The molecule has 3 saturated carbocycles. The van der Waals surface area contributed by atoms with Gasteiger partial charge in [-0.1, -0.05) is 77.0 Å². The maximum atomic E-state index is 10.2. The summed E-state index contributed by atoms with van der Waals surface area (Å²) in [6.45, 7) is 14.6. The Morgan fingerprint density at radius 3 is 2.41 bits per heavy atom. The van der Waals surface area contributed by atoms with E-state index in [1.807, 2.05) is 0 Å². The number of hydrogen-bond donors (Lipinski definition) is 1. The van der Waals surface area contributed by atoms with Gasteiger partial charge in [-0.3, -0.25) is 0 Å². The molecule has 162 valence electrons. The molecule has 1 nitrogen and oxygen atoms in total. The molecule has 3 fully saturated rings. The Morgan fingerprint density at radius 2 is 1.69 bits per heavy atom. The van der Waals surface area contributed by atoms with Crippen LogP contribution in [0.2, 0.25) is 0 Å². The standard InChI is InChI=1S/C28H44O/c1-18(2)19(3)7-8-20(4)24-11-12-25-23-10-9-21-17-22(29)13-15-27(21,5)26(23)14-16-28(24,25)6/h7-10,18-20,22,24-26,29H,11-17H2,1-6H3/b8-7+/t19?,20-,22+,24-,25+,26?,27+,28-/m1/s1. The van der Waals surface area contributed by atoms with E-state index in [4.69, 9.17) is 0 Å². The minimum Gasteiger partial charge on any atom is -0.393 e. The SMILES string of the molecule is CC(C)C(C)/C=C/[C@@H](C)[C@H]1CC[C@H]2C3=CC=C4C[C@@H](O)CC[C@]4(C)C3CC[C@]12C. The summed E-state index contributed by atoms with van der Waals surface area (Å²) in [4.78, 5) is 0. The van der Waals surface area contributed by atoms with Crippen molar-refractivity contribution in [1.29, 1.82) is 0 Å². The highest BCUT2D eigenvalue weighted by atomic mass is 16.3. The number of fused-ring (bicyclic) bond motifs is 5. The van der Waals surface area contributed by atoms with Gasteiger partial charge >= 0.3 is 0 Å². The highest BCUT2D eigenvalue weighted by Gasteiger charge is 2.56. The first-order valence-electron chi connectivity index (χ1n) is 12.4. The molecule has 4 rings (SSSR count). The van der Waals surface area contributed by atoms with E-state index in [0.717, 1.165) is 36.5 Å². The molecule has 0 heterocycles. The van der Waals surface area contributed by atoms with E-state index >= 15 is 0 Å². The smallest absolute Gasteiger partial charge is 0.0578 e. The van der Waals surface area contributed by atoms with Crippen LogP contribution in [-0.4, -0.2) is 11.2 Å². The average Bonchev–Trinajstić information content (AvgIpc) is 3.03. The van der Waals surface area contributed by atoms with Gasteiger partial charge < -0.3 is 5.11 Å². The lowest BCUT2D eigenvalue weighted by Gasteiger charge is -2.55. The van der Waals surface area contributed by atoms with Gasteiger partial charge in [-0.25, -0.2) is 0 Å². The number of hydrogen-bond acceptors (Lipinski definition) is 1. The molecule has 0 amide bonds. The predicted molar refractivity (Wildman–Crippen MR) is 123 cm³/mol. The highest BCUT2D eigenvalue weighted by Crippen LogP contribution is 2.65. The summed E-state index contributed by atoms with van der Waals surface area (Å²) in [6.07, 6.45) is 18.4. The Hall–Kier alpha value is -0.820. The van der Waals surface area contributed by atoms with E-state index in [9.17, 15) is 5.11 Å². The summed E-state index contributed by atoms with van der Waals surface area (Å²) in [5, 5.41) is 10.2. The number of aliphatic hydroxyl groups excluding tert-OH is 1. The molecule has 0 spiro atoms. The topological polar surface area (TPSA) is 20.2 Å². The van der Waals surface area contributed by atoms with Crippen LogP contribution >= 0.6 is 0 Å². The van der Waals surface area contributed by atoms with Crippen LogP contribution in [0.25, 0.3) is 0 Å². The lowest BCUT2D eigenvalue weighted by molar-refractivity contribution is 0.0382. The van der Waals surface area contributed by atoms with Crippen molar-refractivity contribution < 1.29 is 5.11 Å². The van der Waals surface area contributed by atoms with Gasteiger partial charge in [0.15, 0.2) is 0 Å². The average molecular weight is 397 g/mol. The third kappa shape index (κ3) is 3.50. The van der Waals surface area contributed by atoms with Crippen molar-refractivity contribution in [1.82, 2.24) is 0 Å². The second-order valence-electron chi connectivity index (χ2n) is 11.9. The van der Waals surface area contributed by atoms with Crippen LogP contribution in [0.1, 0.15) is 86.5 Å². The molecule has 1 N–H and O–H groups in total. The summed E-state index contributed by atoms with van der Waals surface area (Å²) in [7, 11) is 0. The Morgan fingerprint density at radius 1 is 0.931 bits per heavy atom. The number of aliphatic hydroxyl groups is 1. The fourth-order valence-corrected chi connectivity index (χ4v) is 7.59. The molecule has 8 atom stereocenters. The molecule has 4 aliphatic rings. The van der Waals surface area contributed by atoms with Gasteiger partial charge in [-0.05, 0) is 91.3 Å². The van der Waals surface area contributed by atoms with E-state index in [0.29, 0.717) is 22.7 Å². The summed E-state index contributed by atoms with van der Waals surface area (Å²) in [6, 6.07) is 0. The van der Waals surface area contributed by atoms with Crippen molar-refractivity contribution >= 4 is 0 Å². The number of rotatable bonds is 4. The molecule has 1 heteroatoms. The van der Waals surface area contributed by atoms with Crippen molar-refractivity contribution in [2.45, 2.75) is 92.6 Å². The van der Waals surface area contributed by atoms with Crippen LogP contribution in [0.3, 0.4) is 0 Å². The molecule has 0 aliphatic heterocycles. The van der Waals surface area contributed by atoms with Gasteiger partial charge in [0, 0.05) is 0 Å². The Balaban J connectivity index is 1.57. The second kappa shape index (κ2) is 7.70. The molecular formula is C28H44O. The molecule has 0 bridgehead atoms. The zero-order valence-corrected chi connectivity index (χ0v) is 19.7. The fourth-order valence-electron chi connectivity index (χ4n) is 7.59. The van der Waals surface area contributed by atoms with Crippen molar-refractivity contribution in [3.05, 3.63) is 35.5 Å². The maximum Gasteiger partial charge on any atom is 0.0578 e. The fraction of sp³-hybridized carbons (Fsp3) is 0.786. The molecule has 0 aromatic heterocycles. The van der Waals surface area contributed by atoms with Crippen LogP contribution in [0, 0.1) is 46.3 Å². The highest BCUT2D eigenvalue weighted by molar-refractivity contribution is 5.39. The van der Waals surface area contributed by atoms with Gasteiger partial charge in [0.25, 0.3) is 0 Å². The summed E-state index contributed by atoms with van der Waals surface area (Å²) < 4.78 is 0. The minimum absolute atomic E-state index is 0.116. The van der Waals surface area contributed by atoms with E-state index in [1.54, 1.807) is 5.57 Å². The van der Waals surface area contributed by atoms with E-state index in [-0.39, 0.29) is 6.10 Å². The van der Waals surface area contributed by atoms with E-state index in [2.05, 4.69) is 65.8 Å². The number of allylic oxidation sites excluding steroid dienone is 5. The van der Waals surface area contributed by atoms with Gasteiger partial charge in [-0.2, -0.15) is 0 Å². The summed E-state index contributed by atoms with van der Waals surface area (Å²) in [5.74, 6) is 4.38. The van der Waals surface area contributed by atoms with Crippen LogP contribution in [-0.2, 0) is 0 Å². The minimum atomic E-state index is -0.116. The summed E-state index contributed by atoms with van der Waals surface area (Å²) in [5.41, 5.74) is 4.07. The summed E-state index contributed by atoms with van der Waals surface area (Å²) >= 11 is 0.